The van der Waals surface area contributed by atoms with Crippen LogP contribution in [0.2, 0.25) is 0 Å². The van der Waals surface area contributed by atoms with Crippen LogP contribution in [0.5, 0.6) is 0 Å². The van der Waals surface area contributed by atoms with Gasteiger partial charge in [-0.05, 0) is 28.1 Å². The molecule has 0 radical (unpaired) electrons. The standard InChI is InChI=1S/C13H14BrN3OS/c1-15-12-3-4-16-6-11(12)13(18)17(2)7-10-5-9(14)8-19-10/h3-6,8H,7H2,1-2H3,(H,15,16). The molecule has 0 fully saturated rings. The Morgan fingerprint density at radius 3 is 3.00 bits per heavy atom. The van der Waals surface area contributed by atoms with Crippen LogP contribution in [-0.4, -0.2) is 29.9 Å². The van der Waals surface area contributed by atoms with Gasteiger partial charge in [0, 0.05) is 46.9 Å². The topological polar surface area (TPSA) is 45.2 Å². The molecule has 0 aliphatic heterocycles. The van der Waals surface area contributed by atoms with Crippen molar-refractivity contribution in [2.75, 3.05) is 19.4 Å². The van der Waals surface area contributed by atoms with Crippen LogP contribution in [0.4, 0.5) is 5.69 Å². The Balaban J connectivity index is 2.14. The minimum absolute atomic E-state index is 0.0398. The number of halogens is 1. The number of nitrogens with one attached hydrogen (secondary N) is 1. The molecule has 2 aromatic rings. The number of thiophene rings is 1. The van der Waals surface area contributed by atoms with Gasteiger partial charge >= 0.3 is 0 Å². The van der Waals surface area contributed by atoms with Crippen molar-refractivity contribution < 1.29 is 4.79 Å². The average molecular weight is 340 g/mol. The molecule has 0 saturated carbocycles. The van der Waals surface area contributed by atoms with Crippen molar-refractivity contribution in [2.45, 2.75) is 6.54 Å². The Hall–Kier alpha value is -1.40. The fourth-order valence-electron chi connectivity index (χ4n) is 1.73. The van der Waals surface area contributed by atoms with Crippen molar-refractivity contribution >= 4 is 38.9 Å². The van der Waals surface area contributed by atoms with E-state index >= 15 is 0 Å². The number of rotatable bonds is 4. The Morgan fingerprint density at radius 1 is 1.58 bits per heavy atom. The molecule has 2 aromatic heterocycles. The molecule has 0 aliphatic carbocycles. The van der Waals surface area contributed by atoms with E-state index in [0.29, 0.717) is 12.1 Å². The molecule has 0 atom stereocenters. The lowest BCUT2D eigenvalue weighted by Gasteiger charge is -2.17. The third-order valence-corrected chi connectivity index (χ3v) is 4.36. The largest absolute Gasteiger partial charge is 0.387 e. The molecule has 4 nitrogen and oxygen atoms in total. The lowest BCUT2D eigenvalue weighted by atomic mass is 10.2. The minimum Gasteiger partial charge on any atom is -0.387 e. The highest BCUT2D eigenvalue weighted by atomic mass is 79.9. The van der Waals surface area contributed by atoms with Gasteiger partial charge in [-0.3, -0.25) is 9.78 Å². The number of amides is 1. The summed E-state index contributed by atoms with van der Waals surface area (Å²) in [5, 5.41) is 5.02. The van der Waals surface area contributed by atoms with E-state index in [1.807, 2.05) is 11.4 Å². The summed E-state index contributed by atoms with van der Waals surface area (Å²) in [6, 6.07) is 3.82. The van der Waals surface area contributed by atoms with E-state index < -0.39 is 0 Å². The summed E-state index contributed by atoms with van der Waals surface area (Å²) >= 11 is 5.04. The average Bonchev–Trinajstić information content (AvgIpc) is 2.83. The first kappa shape index (κ1) is 14.0. The number of hydrogen-bond donors (Lipinski definition) is 1. The Morgan fingerprint density at radius 2 is 2.37 bits per heavy atom. The zero-order chi connectivity index (χ0) is 13.8. The summed E-state index contributed by atoms with van der Waals surface area (Å²) in [7, 11) is 3.59. The van der Waals surface area contributed by atoms with Gasteiger partial charge in [-0.2, -0.15) is 0 Å². The second-order valence-electron chi connectivity index (χ2n) is 4.06. The number of carbonyl (C=O) groups excluding carboxylic acids is 1. The van der Waals surface area contributed by atoms with Crippen molar-refractivity contribution in [1.82, 2.24) is 9.88 Å². The lowest BCUT2D eigenvalue weighted by molar-refractivity contribution is 0.0787. The first-order valence-corrected chi connectivity index (χ1v) is 7.39. The summed E-state index contributed by atoms with van der Waals surface area (Å²) in [4.78, 5) is 19.2. The van der Waals surface area contributed by atoms with Crippen molar-refractivity contribution in [3.63, 3.8) is 0 Å². The number of nitrogens with zero attached hydrogens (tertiary/aromatic N) is 2. The van der Waals surface area contributed by atoms with Gasteiger partial charge in [-0.1, -0.05) is 0 Å². The molecule has 1 N–H and O–H groups in total. The van der Waals surface area contributed by atoms with Crippen LogP contribution in [0.25, 0.3) is 0 Å². The van der Waals surface area contributed by atoms with Crippen molar-refractivity contribution in [2.24, 2.45) is 0 Å². The summed E-state index contributed by atoms with van der Waals surface area (Å²) in [6.07, 6.45) is 3.26. The molecule has 0 spiro atoms. The van der Waals surface area contributed by atoms with E-state index in [-0.39, 0.29) is 5.91 Å². The fraction of sp³-hybridized carbons (Fsp3) is 0.231. The molecule has 0 aliphatic rings. The van der Waals surface area contributed by atoms with Crippen LogP contribution in [0, 0.1) is 0 Å². The first-order chi connectivity index (χ1) is 9.11. The maximum Gasteiger partial charge on any atom is 0.257 e. The highest BCUT2D eigenvalue weighted by Crippen LogP contribution is 2.22. The Labute approximate surface area is 124 Å². The molecule has 100 valence electrons. The summed E-state index contributed by atoms with van der Waals surface area (Å²) in [5.41, 5.74) is 1.38. The summed E-state index contributed by atoms with van der Waals surface area (Å²) in [5.74, 6) is -0.0398. The molecular weight excluding hydrogens is 326 g/mol. The van der Waals surface area contributed by atoms with Gasteiger partial charge in [0.15, 0.2) is 0 Å². The summed E-state index contributed by atoms with van der Waals surface area (Å²) < 4.78 is 1.05. The first-order valence-electron chi connectivity index (χ1n) is 5.72. The second kappa shape index (κ2) is 6.16. The predicted molar refractivity (Wildman–Crippen MR) is 81.6 cm³/mol. The molecular formula is C13H14BrN3OS. The molecule has 0 bridgehead atoms. The van der Waals surface area contributed by atoms with E-state index in [1.165, 1.54) is 0 Å². The van der Waals surface area contributed by atoms with Gasteiger partial charge in [0.2, 0.25) is 0 Å². The van der Waals surface area contributed by atoms with Crippen LogP contribution in [-0.2, 0) is 6.54 Å². The molecule has 2 rings (SSSR count). The number of hydrogen-bond acceptors (Lipinski definition) is 4. The van der Waals surface area contributed by atoms with E-state index in [4.69, 9.17) is 0 Å². The second-order valence-corrected chi connectivity index (χ2v) is 5.98. The van der Waals surface area contributed by atoms with Crippen LogP contribution in [0.3, 0.4) is 0 Å². The van der Waals surface area contributed by atoms with Crippen LogP contribution in [0.15, 0.2) is 34.4 Å². The smallest absolute Gasteiger partial charge is 0.257 e. The molecule has 1 amide bonds. The SMILES string of the molecule is CNc1ccncc1C(=O)N(C)Cc1cc(Br)cs1. The zero-order valence-corrected chi connectivity index (χ0v) is 13.1. The number of aromatic nitrogens is 1. The molecule has 6 heteroatoms. The third kappa shape index (κ3) is 3.33. The van der Waals surface area contributed by atoms with Gasteiger partial charge in [0.25, 0.3) is 5.91 Å². The molecule has 19 heavy (non-hydrogen) atoms. The van der Waals surface area contributed by atoms with Crippen molar-refractivity contribution in [3.05, 3.63) is 44.8 Å². The van der Waals surface area contributed by atoms with E-state index in [1.54, 1.807) is 48.8 Å². The summed E-state index contributed by atoms with van der Waals surface area (Å²) in [6.45, 7) is 0.590. The highest BCUT2D eigenvalue weighted by molar-refractivity contribution is 9.10. The molecule has 2 heterocycles. The normalized spacial score (nSPS) is 10.3. The van der Waals surface area contributed by atoms with Gasteiger partial charge in [0.05, 0.1) is 12.1 Å². The number of anilines is 1. The molecule has 0 unspecified atom stereocenters. The highest BCUT2D eigenvalue weighted by Gasteiger charge is 2.16. The van der Waals surface area contributed by atoms with E-state index in [0.717, 1.165) is 15.0 Å². The quantitative estimate of drug-likeness (QED) is 0.930. The fourth-order valence-corrected chi connectivity index (χ4v) is 3.23. The van der Waals surface area contributed by atoms with Gasteiger partial charge < -0.3 is 10.2 Å². The monoisotopic (exact) mass is 339 g/mol. The zero-order valence-electron chi connectivity index (χ0n) is 10.7. The van der Waals surface area contributed by atoms with E-state index in [9.17, 15) is 4.79 Å². The molecule has 0 saturated heterocycles. The number of carbonyl (C=O) groups is 1. The minimum atomic E-state index is -0.0398. The maximum absolute atomic E-state index is 12.4. The Kier molecular flexibility index (Phi) is 4.55. The Bertz CT molecular complexity index is 585. The maximum atomic E-state index is 12.4. The van der Waals surface area contributed by atoms with Crippen molar-refractivity contribution in [3.8, 4) is 0 Å². The van der Waals surface area contributed by atoms with Crippen LogP contribution in [0.1, 0.15) is 15.2 Å². The van der Waals surface area contributed by atoms with Gasteiger partial charge in [0.1, 0.15) is 0 Å². The molecule has 0 aromatic carbocycles. The van der Waals surface area contributed by atoms with Crippen molar-refractivity contribution in [1.29, 1.82) is 0 Å². The predicted octanol–water partition coefficient (Wildman–Crippen LogP) is 3.22. The van der Waals surface area contributed by atoms with Gasteiger partial charge in [-0.25, -0.2) is 0 Å². The van der Waals surface area contributed by atoms with E-state index in [2.05, 4.69) is 26.2 Å². The number of pyridine rings is 1. The van der Waals surface area contributed by atoms with Gasteiger partial charge in [-0.15, -0.1) is 11.3 Å². The lowest BCUT2D eigenvalue weighted by Crippen LogP contribution is -2.26. The van der Waals surface area contributed by atoms with Crippen LogP contribution < -0.4 is 5.32 Å². The third-order valence-electron chi connectivity index (χ3n) is 2.68. The van der Waals surface area contributed by atoms with Crippen LogP contribution >= 0.6 is 27.3 Å².